The molecule has 0 aromatic carbocycles. The minimum atomic E-state index is 0.244. The highest BCUT2D eigenvalue weighted by molar-refractivity contribution is 4.35. The largest absolute Gasteiger partial charge is 0.395 e. The topological polar surface area (TPSA) is 32.3 Å². The van der Waals surface area contributed by atoms with Gasteiger partial charge in [-0.05, 0) is 6.54 Å². The van der Waals surface area contributed by atoms with E-state index in [0.29, 0.717) is 0 Å². The third kappa shape index (κ3) is 44.5. The van der Waals surface area contributed by atoms with Crippen molar-refractivity contribution in [2.75, 3.05) is 19.7 Å². The summed E-state index contributed by atoms with van der Waals surface area (Å²) in [5, 5.41) is 11.1. The molecule has 0 radical (unpaired) electrons. The molecule has 0 bridgehead atoms. The summed E-state index contributed by atoms with van der Waals surface area (Å²) in [6, 6.07) is 0. The average molecular weight is 149 g/mol. The Morgan fingerprint density at radius 3 is 1.60 bits per heavy atom. The molecule has 0 rings (SSSR count). The minimum Gasteiger partial charge on any atom is -0.395 e. The van der Waals surface area contributed by atoms with Gasteiger partial charge in [0.25, 0.3) is 0 Å². The molecule has 0 aliphatic carbocycles. The van der Waals surface area contributed by atoms with E-state index in [0.717, 1.165) is 13.1 Å². The van der Waals surface area contributed by atoms with Crippen LogP contribution in [0, 0.1) is 0 Å². The third-order valence-electron chi connectivity index (χ3n) is 0.539. The molecule has 0 aliphatic rings. The van der Waals surface area contributed by atoms with E-state index >= 15 is 0 Å². The fourth-order valence-corrected chi connectivity index (χ4v) is 0.256. The molecular weight excluding hydrogens is 126 g/mol. The maximum Gasteiger partial charge on any atom is 0.0555 e. The molecule has 0 aromatic heterocycles. The number of aliphatic hydroxyl groups is 1. The maximum atomic E-state index is 8.13. The SMILES string of the molecule is CC.CC.CCNCCO. The van der Waals surface area contributed by atoms with Crippen molar-refractivity contribution in [2.45, 2.75) is 34.6 Å². The molecule has 0 spiro atoms. The van der Waals surface area contributed by atoms with E-state index in [1.807, 2.05) is 34.6 Å². The molecule has 0 heterocycles. The molecule has 0 aromatic rings. The Morgan fingerprint density at radius 1 is 1.10 bits per heavy atom. The molecular formula is C8H23NO. The Hall–Kier alpha value is -0.0800. The van der Waals surface area contributed by atoms with E-state index in [2.05, 4.69) is 5.32 Å². The van der Waals surface area contributed by atoms with Gasteiger partial charge in [0.2, 0.25) is 0 Å². The summed E-state index contributed by atoms with van der Waals surface area (Å²) in [5.41, 5.74) is 0. The van der Waals surface area contributed by atoms with Crippen LogP contribution in [0.25, 0.3) is 0 Å². The van der Waals surface area contributed by atoms with Crippen LogP contribution in [0.3, 0.4) is 0 Å². The maximum absolute atomic E-state index is 8.13. The van der Waals surface area contributed by atoms with Gasteiger partial charge in [0.05, 0.1) is 6.61 Å². The Balaban J connectivity index is -0.000000105. The Bertz CT molecular complexity index is 21.2. The second-order valence-corrected chi connectivity index (χ2v) is 1.08. The van der Waals surface area contributed by atoms with Gasteiger partial charge in [0.1, 0.15) is 0 Å². The number of nitrogens with one attached hydrogen (secondary N) is 1. The zero-order chi connectivity index (χ0) is 8.83. The van der Waals surface area contributed by atoms with Crippen molar-refractivity contribution in [3.8, 4) is 0 Å². The molecule has 0 atom stereocenters. The standard InChI is InChI=1S/C4H11NO.2C2H6/c1-2-5-3-4-6;2*1-2/h5-6H,2-4H2,1H3;2*1-2H3. The summed E-state index contributed by atoms with van der Waals surface area (Å²) in [5.74, 6) is 0. The second-order valence-electron chi connectivity index (χ2n) is 1.08. The average Bonchev–Trinajstić information content (AvgIpc) is 2.08. The summed E-state index contributed by atoms with van der Waals surface area (Å²) >= 11 is 0. The molecule has 2 N–H and O–H groups in total. The zero-order valence-electron chi connectivity index (χ0n) is 8.07. The molecule has 2 heteroatoms. The van der Waals surface area contributed by atoms with Gasteiger partial charge < -0.3 is 10.4 Å². The zero-order valence-corrected chi connectivity index (χ0v) is 8.07. The molecule has 0 aliphatic heterocycles. The molecule has 0 saturated carbocycles. The first kappa shape index (κ1) is 16.5. The molecule has 66 valence electrons. The van der Waals surface area contributed by atoms with Crippen LogP contribution in [0.15, 0.2) is 0 Å². The van der Waals surface area contributed by atoms with Crippen molar-refractivity contribution < 1.29 is 5.11 Å². The Morgan fingerprint density at radius 2 is 1.50 bits per heavy atom. The van der Waals surface area contributed by atoms with Crippen LogP contribution >= 0.6 is 0 Å². The predicted molar refractivity (Wildman–Crippen MR) is 48.3 cm³/mol. The summed E-state index contributed by atoms with van der Waals surface area (Å²) in [4.78, 5) is 0. The summed E-state index contributed by atoms with van der Waals surface area (Å²) < 4.78 is 0. The Kier molecular flexibility index (Phi) is 60.0. The fourth-order valence-electron chi connectivity index (χ4n) is 0.256. The molecule has 0 fully saturated rings. The predicted octanol–water partition coefficient (Wildman–Crippen LogP) is 1.64. The lowest BCUT2D eigenvalue weighted by Gasteiger charge is -1.91. The monoisotopic (exact) mass is 149 g/mol. The number of rotatable bonds is 3. The second kappa shape index (κ2) is 36.4. The van der Waals surface area contributed by atoms with Gasteiger partial charge in [-0.3, -0.25) is 0 Å². The van der Waals surface area contributed by atoms with Crippen LogP contribution in [0.5, 0.6) is 0 Å². The van der Waals surface area contributed by atoms with E-state index in [-0.39, 0.29) is 6.61 Å². The van der Waals surface area contributed by atoms with Gasteiger partial charge in [-0.1, -0.05) is 34.6 Å². The van der Waals surface area contributed by atoms with Gasteiger partial charge in [-0.15, -0.1) is 0 Å². The van der Waals surface area contributed by atoms with Crippen LogP contribution in [0.4, 0.5) is 0 Å². The first-order chi connectivity index (χ1) is 4.91. The van der Waals surface area contributed by atoms with Crippen LogP contribution < -0.4 is 5.32 Å². The van der Waals surface area contributed by atoms with E-state index in [1.54, 1.807) is 0 Å². The van der Waals surface area contributed by atoms with Gasteiger partial charge in [-0.25, -0.2) is 0 Å². The fraction of sp³-hybridized carbons (Fsp3) is 1.00. The molecule has 2 nitrogen and oxygen atoms in total. The van der Waals surface area contributed by atoms with Crippen molar-refractivity contribution in [1.82, 2.24) is 5.32 Å². The van der Waals surface area contributed by atoms with Crippen LogP contribution in [-0.4, -0.2) is 24.8 Å². The lowest BCUT2D eigenvalue weighted by molar-refractivity contribution is 0.293. The lowest BCUT2D eigenvalue weighted by Crippen LogP contribution is -2.16. The number of hydrogen-bond donors (Lipinski definition) is 2. The normalized spacial score (nSPS) is 6.60. The highest BCUT2D eigenvalue weighted by Gasteiger charge is 1.72. The third-order valence-corrected chi connectivity index (χ3v) is 0.539. The van der Waals surface area contributed by atoms with Gasteiger partial charge in [0.15, 0.2) is 0 Å². The van der Waals surface area contributed by atoms with E-state index in [4.69, 9.17) is 5.11 Å². The minimum absolute atomic E-state index is 0.244. The summed E-state index contributed by atoms with van der Waals surface area (Å²) in [6.07, 6.45) is 0. The highest BCUT2D eigenvalue weighted by atomic mass is 16.3. The van der Waals surface area contributed by atoms with Crippen molar-refractivity contribution in [3.63, 3.8) is 0 Å². The number of aliphatic hydroxyl groups excluding tert-OH is 1. The smallest absolute Gasteiger partial charge is 0.0555 e. The van der Waals surface area contributed by atoms with Gasteiger partial charge in [-0.2, -0.15) is 0 Å². The van der Waals surface area contributed by atoms with Crippen LogP contribution in [0.1, 0.15) is 34.6 Å². The van der Waals surface area contributed by atoms with E-state index in [9.17, 15) is 0 Å². The van der Waals surface area contributed by atoms with Gasteiger partial charge in [0, 0.05) is 6.54 Å². The van der Waals surface area contributed by atoms with Crippen molar-refractivity contribution >= 4 is 0 Å². The van der Waals surface area contributed by atoms with E-state index < -0.39 is 0 Å². The first-order valence-electron chi connectivity index (χ1n) is 4.23. The highest BCUT2D eigenvalue weighted by Crippen LogP contribution is 1.51. The number of hydrogen-bond acceptors (Lipinski definition) is 2. The molecule has 0 unspecified atom stereocenters. The first-order valence-corrected chi connectivity index (χ1v) is 4.23. The lowest BCUT2D eigenvalue weighted by atomic mass is 10.6. The van der Waals surface area contributed by atoms with Crippen molar-refractivity contribution in [3.05, 3.63) is 0 Å². The van der Waals surface area contributed by atoms with Crippen molar-refractivity contribution in [1.29, 1.82) is 0 Å². The summed E-state index contributed by atoms with van der Waals surface area (Å²) in [7, 11) is 0. The summed E-state index contributed by atoms with van der Waals surface area (Å²) in [6.45, 7) is 11.9. The molecule has 0 amide bonds. The molecule has 10 heavy (non-hydrogen) atoms. The Labute approximate surface area is 65.6 Å². The van der Waals surface area contributed by atoms with Crippen molar-refractivity contribution in [2.24, 2.45) is 0 Å². The van der Waals surface area contributed by atoms with Crippen LogP contribution in [-0.2, 0) is 0 Å². The number of likely N-dealkylation sites (N-methyl/N-ethyl adjacent to an activating group) is 1. The quantitative estimate of drug-likeness (QED) is 0.598. The van der Waals surface area contributed by atoms with Crippen LogP contribution in [0.2, 0.25) is 0 Å². The molecule has 0 saturated heterocycles. The van der Waals surface area contributed by atoms with Gasteiger partial charge >= 0.3 is 0 Å². The van der Waals surface area contributed by atoms with E-state index in [1.165, 1.54) is 0 Å².